The van der Waals surface area contributed by atoms with Gasteiger partial charge in [-0.3, -0.25) is 28.9 Å². The smallest absolute Gasteiger partial charge is 0.319 e. The lowest BCUT2D eigenvalue weighted by Crippen LogP contribution is -2.41. The molecule has 0 radical (unpaired) electrons. The molecule has 1 atom stereocenters. The third kappa shape index (κ3) is 4.55. The van der Waals surface area contributed by atoms with Gasteiger partial charge in [-0.2, -0.15) is 0 Å². The van der Waals surface area contributed by atoms with E-state index in [1.165, 1.54) is 59.8 Å². The first-order valence-electron chi connectivity index (χ1n) is 9.88. The number of nitro groups is 1. The second-order valence-corrected chi connectivity index (χ2v) is 9.56. The molecule has 3 rings (SSSR count). The van der Waals surface area contributed by atoms with Gasteiger partial charge in [0.1, 0.15) is 5.54 Å². The second kappa shape index (κ2) is 8.62. The number of benzene rings is 2. The Morgan fingerprint density at radius 3 is 2.18 bits per heavy atom. The molecule has 1 unspecified atom stereocenters. The van der Waals surface area contributed by atoms with Gasteiger partial charge in [-0.1, -0.05) is 0 Å². The average molecular weight is 474 g/mol. The fourth-order valence-corrected chi connectivity index (χ4v) is 4.58. The molecule has 1 saturated heterocycles. The monoisotopic (exact) mass is 474 g/mol. The third-order valence-corrected chi connectivity index (χ3v) is 6.67. The zero-order chi connectivity index (χ0) is 24.6. The largest absolute Gasteiger partial charge is 0.325 e. The third-order valence-electron chi connectivity index (χ3n) is 5.40. The molecule has 1 fully saturated rings. The number of amides is 3. The summed E-state index contributed by atoms with van der Waals surface area (Å²) >= 11 is 0. The van der Waals surface area contributed by atoms with Gasteiger partial charge in [-0.15, -0.1) is 0 Å². The Bertz CT molecular complexity index is 1230. The molecular formula is C21H22N4O7S. The highest BCUT2D eigenvalue weighted by Crippen LogP contribution is 2.30. The van der Waals surface area contributed by atoms with Gasteiger partial charge < -0.3 is 5.32 Å². The van der Waals surface area contributed by atoms with Crippen molar-refractivity contribution in [3.63, 3.8) is 0 Å². The number of carbonyl (C=O) groups excluding carboxylic acids is 3. The van der Waals surface area contributed by atoms with E-state index in [1.54, 1.807) is 6.92 Å². The Balaban J connectivity index is 1.78. The number of anilines is 1. The maximum absolute atomic E-state index is 13.0. The molecule has 2 aromatic rings. The van der Waals surface area contributed by atoms with E-state index >= 15 is 0 Å². The number of rotatable bonds is 8. The highest BCUT2D eigenvalue weighted by molar-refractivity contribution is 7.92. The molecule has 174 valence electrons. The summed E-state index contributed by atoms with van der Waals surface area (Å²) in [5.74, 6) is -1.18. The van der Waals surface area contributed by atoms with Crippen molar-refractivity contribution in [2.24, 2.45) is 0 Å². The van der Waals surface area contributed by atoms with Gasteiger partial charge in [-0.05, 0) is 55.8 Å². The van der Waals surface area contributed by atoms with E-state index in [-0.39, 0.29) is 17.8 Å². The topological polar surface area (TPSA) is 147 Å². The molecule has 1 N–H and O–H groups in total. The number of non-ortho nitro benzene ring substituents is 1. The lowest BCUT2D eigenvalue weighted by Gasteiger charge is -2.22. The van der Waals surface area contributed by atoms with Crippen LogP contribution in [0.3, 0.4) is 0 Å². The van der Waals surface area contributed by atoms with E-state index in [9.17, 15) is 32.9 Å². The molecule has 0 spiro atoms. The van der Waals surface area contributed by atoms with Crippen LogP contribution in [0.5, 0.6) is 0 Å². The summed E-state index contributed by atoms with van der Waals surface area (Å²) in [6, 6.07) is 10.3. The highest BCUT2D eigenvalue weighted by Gasteiger charge is 2.49. The zero-order valence-corrected chi connectivity index (χ0v) is 19.0. The van der Waals surface area contributed by atoms with Gasteiger partial charge in [0, 0.05) is 24.2 Å². The van der Waals surface area contributed by atoms with Gasteiger partial charge in [-0.25, -0.2) is 13.2 Å². The van der Waals surface area contributed by atoms with Crippen LogP contribution in [0.2, 0.25) is 0 Å². The molecule has 1 aliphatic rings. The van der Waals surface area contributed by atoms with Gasteiger partial charge >= 0.3 is 6.03 Å². The first-order valence-corrected chi connectivity index (χ1v) is 11.7. The van der Waals surface area contributed by atoms with E-state index in [1.807, 2.05) is 0 Å². The normalized spacial score (nSPS) is 18.2. The van der Waals surface area contributed by atoms with E-state index in [2.05, 4.69) is 5.32 Å². The van der Waals surface area contributed by atoms with Crippen molar-refractivity contribution in [3.8, 4) is 0 Å². The van der Waals surface area contributed by atoms with Gasteiger partial charge in [0.05, 0.1) is 23.4 Å². The molecule has 0 bridgehead atoms. The Kier molecular flexibility index (Phi) is 6.23. The number of imide groups is 1. The predicted molar refractivity (Wildman–Crippen MR) is 119 cm³/mol. The summed E-state index contributed by atoms with van der Waals surface area (Å²) in [7, 11) is -3.48. The van der Waals surface area contributed by atoms with Crippen LogP contribution < -0.4 is 9.62 Å². The van der Waals surface area contributed by atoms with E-state index < -0.39 is 44.8 Å². The average Bonchev–Trinajstić information content (AvgIpc) is 2.97. The van der Waals surface area contributed by atoms with Gasteiger partial charge in [0.25, 0.3) is 11.6 Å². The SMILES string of the molecule is CCN(c1ccc(C(=O)CN2C(=O)NC(C)(c3ccc([N+](=O)[O-])cc3)C2=O)cc1)S(C)(=O)=O. The Morgan fingerprint density at radius 2 is 1.70 bits per heavy atom. The first kappa shape index (κ1) is 23.9. The molecule has 12 heteroatoms. The molecule has 1 heterocycles. The predicted octanol–water partition coefficient (Wildman–Crippen LogP) is 2.03. The van der Waals surface area contributed by atoms with E-state index in [4.69, 9.17) is 0 Å². The van der Waals surface area contributed by atoms with Crippen LogP contribution in [0.25, 0.3) is 0 Å². The number of nitrogens with zero attached hydrogens (tertiary/aromatic N) is 3. The van der Waals surface area contributed by atoms with Gasteiger partial charge in [0.15, 0.2) is 5.78 Å². The number of carbonyl (C=O) groups is 3. The minimum Gasteiger partial charge on any atom is -0.319 e. The summed E-state index contributed by atoms with van der Waals surface area (Å²) in [5, 5.41) is 13.4. The quantitative estimate of drug-likeness (QED) is 0.266. The molecule has 0 saturated carbocycles. The number of nitro benzene ring substituents is 1. The summed E-state index contributed by atoms with van der Waals surface area (Å²) in [4.78, 5) is 49.3. The van der Waals surface area contributed by atoms with Crippen LogP contribution >= 0.6 is 0 Å². The van der Waals surface area contributed by atoms with Crippen LogP contribution in [0.1, 0.15) is 29.8 Å². The molecular weight excluding hydrogens is 452 g/mol. The van der Waals surface area contributed by atoms with Crippen molar-refractivity contribution in [1.82, 2.24) is 10.2 Å². The minimum absolute atomic E-state index is 0.160. The molecule has 0 aromatic heterocycles. The number of hydrogen-bond donors (Lipinski definition) is 1. The number of Topliss-reactive ketones (excluding diaryl/α,β-unsaturated/α-hetero) is 1. The van der Waals surface area contributed by atoms with Crippen LogP contribution in [-0.4, -0.2) is 55.3 Å². The lowest BCUT2D eigenvalue weighted by molar-refractivity contribution is -0.384. The van der Waals surface area contributed by atoms with Crippen molar-refractivity contribution in [2.45, 2.75) is 19.4 Å². The second-order valence-electron chi connectivity index (χ2n) is 7.65. The molecule has 33 heavy (non-hydrogen) atoms. The van der Waals surface area contributed by atoms with Crippen LogP contribution in [0, 0.1) is 10.1 Å². The van der Waals surface area contributed by atoms with Crippen LogP contribution in [-0.2, 0) is 20.4 Å². The van der Waals surface area contributed by atoms with Crippen molar-refractivity contribution in [2.75, 3.05) is 23.7 Å². The number of ketones is 1. The van der Waals surface area contributed by atoms with Crippen molar-refractivity contribution in [1.29, 1.82) is 0 Å². The molecule has 11 nitrogen and oxygen atoms in total. The number of nitrogens with one attached hydrogen (secondary N) is 1. The molecule has 1 aliphatic heterocycles. The fourth-order valence-electron chi connectivity index (χ4n) is 3.61. The minimum atomic E-state index is -3.48. The summed E-state index contributed by atoms with van der Waals surface area (Å²) in [5.41, 5.74) is -0.712. The van der Waals surface area contributed by atoms with E-state index in [0.717, 1.165) is 11.2 Å². The van der Waals surface area contributed by atoms with Crippen LogP contribution in [0.4, 0.5) is 16.2 Å². The number of hydrogen-bond acceptors (Lipinski definition) is 7. The van der Waals surface area contributed by atoms with Crippen molar-refractivity contribution in [3.05, 3.63) is 69.8 Å². The maximum Gasteiger partial charge on any atom is 0.325 e. The summed E-state index contributed by atoms with van der Waals surface area (Å²) in [6.07, 6.45) is 1.08. The van der Waals surface area contributed by atoms with Crippen molar-refractivity contribution < 1.29 is 27.7 Å². The zero-order valence-electron chi connectivity index (χ0n) is 18.1. The summed E-state index contributed by atoms with van der Waals surface area (Å²) in [6.45, 7) is 2.84. The summed E-state index contributed by atoms with van der Waals surface area (Å²) < 4.78 is 24.9. The van der Waals surface area contributed by atoms with Crippen LogP contribution in [0.15, 0.2) is 48.5 Å². The first-order chi connectivity index (χ1) is 15.4. The lowest BCUT2D eigenvalue weighted by atomic mass is 9.92. The number of urea groups is 1. The van der Waals surface area contributed by atoms with E-state index in [0.29, 0.717) is 11.3 Å². The highest BCUT2D eigenvalue weighted by atomic mass is 32.2. The Hall–Kier alpha value is -3.80. The Labute approximate surface area is 190 Å². The molecule has 2 aromatic carbocycles. The fraction of sp³-hybridized carbons (Fsp3) is 0.286. The van der Waals surface area contributed by atoms with Crippen molar-refractivity contribution >= 4 is 39.1 Å². The maximum atomic E-state index is 13.0. The number of sulfonamides is 1. The van der Waals surface area contributed by atoms with Gasteiger partial charge in [0.2, 0.25) is 10.0 Å². The molecule has 0 aliphatic carbocycles. The standard InChI is InChI=1S/C21H22N4O7S/c1-4-24(33(3,31)32)16-9-5-14(6-10-16)18(26)13-23-19(27)21(2,22-20(23)28)15-7-11-17(12-8-15)25(29)30/h5-12H,4,13H2,1-3H3,(H,22,28). The Morgan fingerprint density at radius 1 is 1.12 bits per heavy atom. The molecule has 3 amide bonds.